The molecule has 2 heterocycles. The minimum absolute atomic E-state index is 0.0460. The number of rotatable bonds is 2. The fourth-order valence-corrected chi connectivity index (χ4v) is 1.16. The van der Waals surface area contributed by atoms with E-state index in [2.05, 4.69) is 15.3 Å². The molecule has 2 aromatic heterocycles. The Hall–Kier alpha value is -2.55. The van der Waals surface area contributed by atoms with Gasteiger partial charge < -0.3 is 0 Å². The molecule has 0 aliphatic carbocycles. The average Bonchev–Trinajstić information content (AvgIpc) is 2.77. The van der Waals surface area contributed by atoms with Crippen LogP contribution in [0, 0.1) is 11.3 Å². The first-order valence-electron chi connectivity index (χ1n) is 4.50. The van der Waals surface area contributed by atoms with Crippen molar-refractivity contribution in [2.75, 3.05) is 0 Å². The van der Waals surface area contributed by atoms with Crippen molar-refractivity contribution in [3.05, 3.63) is 35.8 Å². The van der Waals surface area contributed by atoms with Crippen molar-refractivity contribution in [2.24, 2.45) is 0 Å². The first kappa shape index (κ1) is 9.98. The van der Waals surface area contributed by atoms with Gasteiger partial charge in [0.15, 0.2) is 17.3 Å². The quantitative estimate of drug-likeness (QED) is 0.687. The molecule has 0 spiro atoms. The predicted octanol–water partition coefficient (Wildman–Crippen LogP) is 0.737. The Balaban J connectivity index is 2.35. The maximum atomic E-state index is 11.0. The standard InChI is InChI=1S/C10H7N5O/c1-7(16)8-2-3-10(12-5-8)15-6-9(4-11)13-14-15/h2-3,5-6H,1H3. The summed E-state index contributed by atoms with van der Waals surface area (Å²) >= 11 is 0. The Morgan fingerprint density at radius 1 is 1.50 bits per heavy atom. The zero-order valence-electron chi connectivity index (χ0n) is 8.45. The zero-order valence-corrected chi connectivity index (χ0v) is 8.45. The first-order valence-corrected chi connectivity index (χ1v) is 4.50. The van der Waals surface area contributed by atoms with Crippen molar-refractivity contribution in [1.29, 1.82) is 5.26 Å². The van der Waals surface area contributed by atoms with Crippen LogP contribution in [-0.4, -0.2) is 25.8 Å². The van der Waals surface area contributed by atoms with E-state index >= 15 is 0 Å². The largest absolute Gasteiger partial charge is 0.294 e. The highest BCUT2D eigenvalue weighted by Crippen LogP contribution is 2.05. The number of Topliss-reactive ketones (excluding diaryl/α,β-unsaturated/α-hetero) is 1. The topological polar surface area (TPSA) is 84.5 Å². The molecule has 0 atom stereocenters. The smallest absolute Gasteiger partial charge is 0.183 e. The number of nitrogens with zero attached hydrogens (tertiary/aromatic N) is 5. The Labute approximate surface area is 91.2 Å². The summed E-state index contributed by atoms with van der Waals surface area (Å²) in [7, 11) is 0. The van der Waals surface area contributed by atoms with Crippen LogP contribution >= 0.6 is 0 Å². The number of nitriles is 1. The van der Waals surface area contributed by atoms with Gasteiger partial charge in [-0.2, -0.15) is 5.26 Å². The Morgan fingerprint density at radius 3 is 2.81 bits per heavy atom. The lowest BCUT2D eigenvalue weighted by molar-refractivity contribution is 0.101. The number of pyridine rings is 1. The maximum Gasteiger partial charge on any atom is 0.183 e. The number of ketones is 1. The van der Waals surface area contributed by atoms with E-state index in [9.17, 15) is 4.79 Å². The van der Waals surface area contributed by atoms with Crippen LogP contribution in [0.4, 0.5) is 0 Å². The lowest BCUT2D eigenvalue weighted by Gasteiger charge is -1.99. The molecule has 0 aliphatic heterocycles. The molecular formula is C10H7N5O. The van der Waals surface area contributed by atoms with Crippen molar-refractivity contribution in [1.82, 2.24) is 20.0 Å². The summed E-state index contributed by atoms with van der Waals surface area (Å²) in [6, 6.07) is 5.17. The predicted molar refractivity (Wildman–Crippen MR) is 53.9 cm³/mol. The van der Waals surface area contributed by atoms with E-state index in [1.54, 1.807) is 12.1 Å². The van der Waals surface area contributed by atoms with Crippen LogP contribution in [0.2, 0.25) is 0 Å². The second-order valence-electron chi connectivity index (χ2n) is 3.12. The van der Waals surface area contributed by atoms with Gasteiger partial charge >= 0.3 is 0 Å². The number of hydrogen-bond donors (Lipinski definition) is 0. The molecule has 6 heteroatoms. The number of hydrogen-bond acceptors (Lipinski definition) is 5. The van der Waals surface area contributed by atoms with E-state index in [1.165, 1.54) is 24.0 Å². The Kier molecular flexibility index (Phi) is 2.44. The fraction of sp³-hybridized carbons (Fsp3) is 0.100. The van der Waals surface area contributed by atoms with Gasteiger partial charge in [0.2, 0.25) is 0 Å². The highest BCUT2D eigenvalue weighted by Gasteiger charge is 2.04. The second-order valence-corrected chi connectivity index (χ2v) is 3.12. The normalized spacial score (nSPS) is 9.75. The van der Waals surface area contributed by atoms with E-state index in [1.807, 2.05) is 6.07 Å². The van der Waals surface area contributed by atoms with Crippen molar-refractivity contribution >= 4 is 5.78 Å². The molecule has 0 aromatic carbocycles. The van der Waals surface area contributed by atoms with Crippen molar-refractivity contribution in [3.63, 3.8) is 0 Å². The molecule has 78 valence electrons. The fourth-order valence-electron chi connectivity index (χ4n) is 1.16. The van der Waals surface area contributed by atoms with Crippen molar-refractivity contribution < 1.29 is 4.79 Å². The van der Waals surface area contributed by atoms with Gasteiger partial charge in [-0.1, -0.05) is 5.21 Å². The van der Waals surface area contributed by atoms with E-state index < -0.39 is 0 Å². The SMILES string of the molecule is CC(=O)c1ccc(-n2cc(C#N)nn2)nc1. The second kappa shape index (κ2) is 3.90. The molecule has 0 bridgehead atoms. The third kappa shape index (κ3) is 1.79. The van der Waals surface area contributed by atoms with Gasteiger partial charge in [0.25, 0.3) is 0 Å². The van der Waals surface area contributed by atoms with Crippen LogP contribution in [0.3, 0.4) is 0 Å². The third-order valence-corrected chi connectivity index (χ3v) is 2.00. The van der Waals surface area contributed by atoms with Crippen LogP contribution in [0.5, 0.6) is 0 Å². The lowest BCUT2D eigenvalue weighted by atomic mass is 10.2. The molecule has 0 unspecified atom stereocenters. The summed E-state index contributed by atoms with van der Waals surface area (Å²) in [5.41, 5.74) is 0.752. The minimum atomic E-state index is -0.0460. The molecule has 0 radical (unpaired) electrons. The summed E-state index contributed by atoms with van der Waals surface area (Å²) in [5, 5.41) is 15.9. The zero-order chi connectivity index (χ0) is 11.5. The number of aromatic nitrogens is 4. The Morgan fingerprint density at radius 2 is 2.31 bits per heavy atom. The molecule has 2 rings (SSSR count). The third-order valence-electron chi connectivity index (χ3n) is 2.00. The summed E-state index contributed by atoms with van der Waals surface area (Å²) in [4.78, 5) is 15.1. The van der Waals surface area contributed by atoms with Crippen LogP contribution in [0.1, 0.15) is 23.0 Å². The molecule has 0 saturated heterocycles. The van der Waals surface area contributed by atoms with Gasteiger partial charge in [0.05, 0.1) is 6.20 Å². The van der Waals surface area contributed by atoms with Crippen LogP contribution in [0.15, 0.2) is 24.5 Å². The van der Waals surface area contributed by atoms with E-state index in [0.717, 1.165) is 0 Å². The average molecular weight is 213 g/mol. The van der Waals surface area contributed by atoms with E-state index in [-0.39, 0.29) is 11.5 Å². The molecular weight excluding hydrogens is 206 g/mol. The molecule has 0 aliphatic rings. The first-order chi connectivity index (χ1) is 7.70. The molecule has 0 amide bonds. The van der Waals surface area contributed by atoms with Gasteiger partial charge in [0, 0.05) is 11.8 Å². The van der Waals surface area contributed by atoms with Gasteiger partial charge in [-0.25, -0.2) is 9.67 Å². The highest BCUT2D eigenvalue weighted by atomic mass is 16.1. The van der Waals surface area contributed by atoms with Gasteiger partial charge in [-0.05, 0) is 19.1 Å². The van der Waals surface area contributed by atoms with E-state index in [0.29, 0.717) is 11.4 Å². The molecule has 6 nitrogen and oxygen atoms in total. The number of carbonyl (C=O) groups is 1. The number of carbonyl (C=O) groups excluding carboxylic acids is 1. The molecule has 0 N–H and O–H groups in total. The molecule has 0 saturated carbocycles. The lowest BCUT2D eigenvalue weighted by Crippen LogP contribution is -2.00. The summed E-state index contributed by atoms with van der Waals surface area (Å²) in [5.74, 6) is 0.467. The van der Waals surface area contributed by atoms with Crippen molar-refractivity contribution in [3.8, 4) is 11.9 Å². The van der Waals surface area contributed by atoms with Gasteiger partial charge in [-0.3, -0.25) is 4.79 Å². The van der Waals surface area contributed by atoms with Gasteiger partial charge in [-0.15, -0.1) is 5.10 Å². The maximum absolute atomic E-state index is 11.0. The summed E-state index contributed by atoms with van der Waals surface area (Å²) < 4.78 is 1.38. The van der Waals surface area contributed by atoms with E-state index in [4.69, 9.17) is 5.26 Å². The van der Waals surface area contributed by atoms with Crippen LogP contribution in [0.25, 0.3) is 5.82 Å². The van der Waals surface area contributed by atoms with Crippen LogP contribution < -0.4 is 0 Å². The summed E-state index contributed by atoms with van der Waals surface area (Å²) in [6.07, 6.45) is 2.93. The van der Waals surface area contributed by atoms with Crippen molar-refractivity contribution in [2.45, 2.75) is 6.92 Å². The molecule has 16 heavy (non-hydrogen) atoms. The van der Waals surface area contributed by atoms with Crippen LogP contribution in [-0.2, 0) is 0 Å². The monoisotopic (exact) mass is 213 g/mol. The summed E-state index contributed by atoms with van der Waals surface area (Å²) in [6.45, 7) is 1.47. The minimum Gasteiger partial charge on any atom is -0.294 e. The van der Waals surface area contributed by atoms with Gasteiger partial charge in [0.1, 0.15) is 6.07 Å². The molecule has 2 aromatic rings. The molecule has 0 fully saturated rings. The Bertz CT molecular complexity index is 564. The highest BCUT2D eigenvalue weighted by molar-refractivity contribution is 5.93.